The molecule has 0 radical (unpaired) electrons. The van der Waals surface area contributed by atoms with Gasteiger partial charge < -0.3 is 10.2 Å². The maximum atomic E-state index is 12.9. The zero-order chi connectivity index (χ0) is 18.1. The Kier molecular flexibility index (Phi) is 4.64. The summed E-state index contributed by atoms with van der Waals surface area (Å²) < 4.78 is 1.25. The second-order valence-corrected chi connectivity index (χ2v) is 7.94. The number of nitrogens with zero attached hydrogens (tertiary/aromatic N) is 2. The Morgan fingerprint density at radius 3 is 3.04 bits per heavy atom. The summed E-state index contributed by atoms with van der Waals surface area (Å²) in [5.41, 5.74) is 3.25. The first kappa shape index (κ1) is 17.0. The van der Waals surface area contributed by atoms with Crippen LogP contribution in [0.1, 0.15) is 24.0 Å². The zero-order valence-corrected chi connectivity index (χ0v) is 16.0. The number of piperidine rings is 1. The largest absolute Gasteiger partial charge is 0.355 e. The van der Waals surface area contributed by atoms with Crippen LogP contribution in [0.25, 0.3) is 10.1 Å². The molecule has 1 aliphatic heterocycles. The van der Waals surface area contributed by atoms with Gasteiger partial charge in [0, 0.05) is 35.1 Å². The molecule has 2 aromatic heterocycles. The molecule has 1 aliphatic rings. The van der Waals surface area contributed by atoms with E-state index in [1.54, 1.807) is 11.3 Å². The summed E-state index contributed by atoms with van der Waals surface area (Å²) >= 11 is 1.73. The quantitative estimate of drug-likeness (QED) is 0.727. The topological polar surface area (TPSA) is 45.2 Å². The Bertz CT molecular complexity index is 949. The monoisotopic (exact) mass is 365 g/mol. The SMILES string of the molecule is Cc1cccc(NC(=O)[C@H]2CCCN(c3nccc4sccc34)C2)c1C. The molecule has 3 aromatic rings. The van der Waals surface area contributed by atoms with Crippen LogP contribution >= 0.6 is 11.3 Å². The van der Waals surface area contributed by atoms with Crippen molar-refractivity contribution < 1.29 is 4.79 Å². The lowest BCUT2D eigenvalue weighted by atomic mass is 9.96. The second kappa shape index (κ2) is 7.08. The summed E-state index contributed by atoms with van der Waals surface area (Å²) in [4.78, 5) is 19.7. The number of thiophene rings is 1. The molecule has 1 N–H and O–H groups in total. The van der Waals surface area contributed by atoms with Crippen molar-refractivity contribution in [2.45, 2.75) is 26.7 Å². The first-order chi connectivity index (χ1) is 12.6. The van der Waals surface area contributed by atoms with Crippen LogP contribution in [-0.4, -0.2) is 24.0 Å². The lowest BCUT2D eigenvalue weighted by Crippen LogP contribution is -2.41. The number of aryl methyl sites for hydroxylation is 1. The van der Waals surface area contributed by atoms with E-state index in [9.17, 15) is 4.79 Å². The third-order valence-electron chi connectivity index (χ3n) is 5.31. The molecule has 134 valence electrons. The Hall–Kier alpha value is -2.40. The van der Waals surface area contributed by atoms with Crippen molar-refractivity contribution in [2.24, 2.45) is 5.92 Å². The molecule has 0 unspecified atom stereocenters. The van der Waals surface area contributed by atoms with Gasteiger partial charge in [-0.15, -0.1) is 11.3 Å². The summed E-state index contributed by atoms with van der Waals surface area (Å²) in [5, 5.41) is 6.43. The number of hydrogen-bond donors (Lipinski definition) is 1. The normalized spacial score (nSPS) is 17.5. The number of hydrogen-bond acceptors (Lipinski definition) is 4. The van der Waals surface area contributed by atoms with Crippen LogP contribution in [0.3, 0.4) is 0 Å². The highest BCUT2D eigenvalue weighted by molar-refractivity contribution is 7.17. The molecule has 1 saturated heterocycles. The minimum absolute atomic E-state index is 0.0145. The molecule has 0 spiro atoms. The summed E-state index contributed by atoms with van der Waals surface area (Å²) in [6.07, 6.45) is 3.80. The highest BCUT2D eigenvalue weighted by Gasteiger charge is 2.27. The second-order valence-electron chi connectivity index (χ2n) is 6.99. The fourth-order valence-corrected chi connectivity index (χ4v) is 4.41. The van der Waals surface area contributed by atoms with Crippen molar-refractivity contribution in [1.29, 1.82) is 0 Å². The van der Waals surface area contributed by atoms with E-state index in [1.165, 1.54) is 15.6 Å². The Labute approximate surface area is 157 Å². The maximum absolute atomic E-state index is 12.9. The molecule has 4 rings (SSSR count). The molecule has 0 bridgehead atoms. The molecular weight excluding hydrogens is 342 g/mol. The molecule has 5 heteroatoms. The van der Waals surface area contributed by atoms with E-state index in [0.29, 0.717) is 0 Å². The Morgan fingerprint density at radius 1 is 1.27 bits per heavy atom. The van der Waals surface area contributed by atoms with E-state index >= 15 is 0 Å². The van der Waals surface area contributed by atoms with E-state index < -0.39 is 0 Å². The molecule has 1 aromatic carbocycles. The van der Waals surface area contributed by atoms with Crippen molar-refractivity contribution in [3.05, 3.63) is 53.0 Å². The average Bonchev–Trinajstić information content (AvgIpc) is 3.14. The zero-order valence-electron chi connectivity index (χ0n) is 15.2. The average molecular weight is 366 g/mol. The molecule has 4 nitrogen and oxygen atoms in total. The van der Waals surface area contributed by atoms with Crippen molar-refractivity contribution >= 4 is 38.8 Å². The first-order valence-electron chi connectivity index (χ1n) is 9.08. The van der Waals surface area contributed by atoms with Gasteiger partial charge in [0.05, 0.1) is 5.92 Å². The summed E-state index contributed by atoms with van der Waals surface area (Å²) in [5.74, 6) is 1.10. The molecule has 0 aliphatic carbocycles. The lowest BCUT2D eigenvalue weighted by Gasteiger charge is -2.33. The molecule has 3 heterocycles. The lowest BCUT2D eigenvalue weighted by molar-refractivity contribution is -0.120. The smallest absolute Gasteiger partial charge is 0.229 e. The van der Waals surface area contributed by atoms with Crippen LogP contribution in [0.5, 0.6) is 0 Å². The van der Waals surface area contributed by atoms with E-state index in [2.05, 4.69) is 52.6 Å². The van der Waals surface area contributed by atoms with E-state index in [1.807, 2.05) is 18.3 Å². The Balaban J connectivity index is 1.52. The van der Waals surface area contributed by atoms with Crippen LogP contribution in [0.2, 0.25) is 0 Å². The van der Waals surface area contributed by atoms with Gasteiger partial charge in [-0.05, 0) is 61.4 Å². The van der Waals surface area contributed by atoms with Crippen LogP contribution in [0.15, 0.2) is 41.9 Å². The van der Waals surface area contributed by atoms with E-state index in [4.69, 9.17) is 0 Å². The molecule has 26 heavy (non-hydrogen) atoms. The van der Waals surface area contributed by atoms with Crippen LogP contribution in [0, 0.1) is 19.8 Å². The number of aromatic nitrogens is 1. The molecule has 0 saturated carbocycles. The number of rotatable bonds is 3. The van der Waals surface area contributed by atoms with E-state index in [0.717, 1.165) is 43.0 Å². The maximum Gasteiger partial charge on any atom is 0.229 e. The predicted molar refractivity (Wildman–Crippen MR) is 109 cm³/mol. The van der Waals surface area contributed by atoms with E-state index in [-0.39, 0.29) is 11.8 Å². The van der Waals surface area contributed by atoms with Crippen molar-refractivity contribution in [1.82, 2.24) is 4.98 Å². The van der Waals surface area contributed by atoms with Gasteiger partial charge >= 0.3 is 0 Å². The molecule has 1 amide bonds. The number of anilines is 2. The van der Waals surface area contributed by atoms with Gasteiger partial charge in [0.2, 0.25) is 5.91 Å². The number of carbonyl (C=O) groups excluding carboxylic acids is 1. The standard InChI is InChI=1S/C21H23N3OS/c1-14-5-3-7-18(15(14)2)23-21(25)16-6-4-11-24(13-16)20-17-9-12-26-19(17)8-10-22-20/h3,5,7-10,12,16H,4,6,11,13H2,1-2H3,(H,23,25)/t16-/m0/s1. The molecular formula is C21H23N3OS. The van der Waals surface area contributed by atoms with Gasteiger partial charge in [-0.3, -0.25) is 4.79 Å². The van der Waals surface area contributed by atoms with Crippen molar-refractivity contribution in [3.63, 3.8) is 0 Å². The van der Waals surface area contributed by atoms with Crippen molar-refractivity contribution in [3.8, 4) is 0 Å². The number of carbonyl (C=O) groups is 1. The first-order valence-corrected chi connectivity index (χ1v) is 9.95. The predicted octanol–water partition coefficient (Wildman–Crippen LogP) is 4.77. The van der Waals surface area contributed by atoms with Gasteiger partial charge in [-0.2, -0.15) is 0 Å². The van der Waals surface area contributed by atoms with Crippen LogP contribution in [0.4, 0.5) is 11.5 Å². The summed E-state index contributed by atoms with van der Waals surface area (Å²) in [7, 11) is 0. The highest BCUT2D eigenvalue weighted by atomic mass is 32.1. The van der Waals surface area contributed by atoms with Gasteiger partial charge in [0.15, 0.2) is 0 Å². The van der Waals surface area contributed by atoms with Gasteiger partial charge in [-0.1, -0.05) is 12.1 Å². The molecule has 1 atom stereocenters. The fourth-order valence-electron chi connectivity index (χ4n) is 3.64. The third kappa shape index (κ3) is 3.19. The van der Waals surface area contributed by atoms with Crippen molar-refractivity contribution in [2.75, 3.05) is 23.3 Å². The highest BCUT2D eigenvalue weighted by Crippen LogP contribution is 2.31. The number of nitrogens with one attached hydrogen (secondary N) is 1. The number of pyridine rings is 1. The van der Waals surface area contributed by atoms with Crippen LogP contribution in [-0.2, 0) is 4.79 Å². The summed E-state index contributed by atoms with van der Waals surface area (Å²) in [6.45, 7) is 5.80. The Morgan fingerprint density at radius 2 is 2.15 bits per heavy atom. The number of fused-ring (bicyclic) bond motifs is 1. The number of amides is 1. The number of benzene rings is 1. The molecule has 1 fully saturated rings. The van der Waals surface area contributed by atoms with Crippen LogP contribution < -0.4 is 10.2 Å². The van der Waals surface area contributed by atoms with Gasteiger partial charge in [0.1, 0.15) is 5.82 Å². The minimum atomic E-state index is -0.0145. The third-order valence-corrected chi connectivity index (χ3v) is 6.20. The minimum Gasteiger partial charge on any atom is -0.355 e. The van der Waals surface area contributed by atoms with Gasteiger partial charge in [-0.25, -0.2) is 4.98 Å². The summed E-state index contributed by atoms with van der Waals surface area (Å²) in [6, 6.07) is 10.2. The van der Waals surface area contributed by atoms with Gasteiger partial charge in [0.25, 0.3) is 0 Å². The fraction of sp³-hybridized carbons (Fsp3) is 0.333.